The second kappa shape index (κ2) is 6.50. The number of hydrogen-bond donors (Lipinski definition) is 2. The Labute approximate surface area is 115 Å². The molecule has 0 bridgehead atoms. The summed E-state index contributed by atoms with van der Waals surface area (Å²) in [5.74, 6) is -2.04. The number of carboxylic acid groups (broad SMARTS) is 1. The Morgan fingerprint density at radius 3 is 2.45 bits per heavy atom. The summed E-state index contributed by atoms with van der Waals surface area (Å²) in [7, 11) is 3.52. The molecule has 0 fully saturated rings. The summed E-state index contributed by atoms with van der Waals surface area (Å²) in [5.41, 5.74) is 5.26. The summed E-state index contributed by atoms with van der Waals surface area (Å²) in [6.07, 6.45) is 1.44. The molecule has 1 aromatic rings. The van der Waals surface area contributed by atoms with Crippen molar-refractivity contribution >= 4 is 23.6 Å². The van der Waals surface area contributed by atoms with E-state index in [1.54, 1.807) is 19.0 Å². The van der Waals surface area contributed by atoms with Crippen LogP contribution in [0.3, 0.4) is 0 Å². The number of primary amides is 1. The summed E-state index contributed by atoms with van der Waals surface area (Å²) < 4.78 is 0. The van der Waals surface area contributed by atoms with Crippen molar-refractivity contribution in [3.63, 3.8) is 0 Å². The first kappa shape index (κ1) is 15.4. The monoisotopic (exact) mass is 280 g/mol. The van der Waals surface area contributed by atoms with Gasteiger partial charge in [-0.3, -0.25) is 14.4 Å². The molecule has 0 aliphatic carbocycles. The number of amides is 2. The van der Waals surface area contributed by atoms with Crippen molar-refractivity contribution in [2.75, 3.05) is 32.1 Å². The zero-order valence-electron chi connectivity index (χ0n) is 11.2. The normalized spacial score (nSPS) is 9.90. The summed E-state index contributed by atoms with van der Waals surface area (Å²) in [6.45, 7) is -1.05. The summed E-state index contributed by atoms with van der Waals surface area (Å²) in [5, 5.41) is 8.77. The van der Waals surface area contributed by atoms with E-state index in [9.17, 15) is 14.4 Å². The van der Waals surface area contributed by atoms with E-state index in [0.29, 0.717) is 5.82 Å². The van der Waals surface area contributed by atoms with Gasteiger partial charge in [0.15, 0.2) is 0 Å². The molecule has 0 aliphatic rings. The molecule has 1 aromatic heterocycles. The zero-order valence-corrected chi connectivity index (χ0v) is 11.2. The maximum atomic E-state index is 12.2. The predicted molar refractivity (Wildman–Crippen MR) is 71.3 cm³/mol. The maximum absolute atomic E-state index is 12.2. The van der Waals surface area contributed by atoms with E-state index in [2.05, 4.69) is 4.98 Å². The topological polar surface area (TPSA) is 117 Å². The fraction of sp³-hybridized carbons (Fsp3) is 0.333. The van der Waals surface area contributed by atoms with Crippen LogP contribution in [0.5, 0.6) is 0 Å². The molecule has 0 saturated carbocycles. The summed E-state index contributed by atoms with van der Waals surface area (Å²) in [6, 6.07) is 2.96. The molecule has 0 aliphatic heterocycles. The van der Waals surface area contributed by atoms with Gasteiger partial charge in [0.05, 0.1) is 0 Å². The maximum Gasteiger partial charge on any atom is 0.323 e. The van der Waals surface area contributed by atoms with Gasteiger partial charge in [-0.25, -0.2) is 4.98 Å². The van der Waals surface area contributed by atoms with E-state index in [4.69, 9.17) is 10.8 Å². The van der Waals surface area contributed by atoms with Gasteiger partial charge >= 0.3 is 5.97 Å². The average Bonchev–Trinajstić information content (AvgIpc) is 2.36. The first-order valence-electron chi connectivity index (χ1n) is 5.74. The quantitative estimate of drug-likeness (QED) is 0.701. The Morgan fingerprint density at radius 2 is 1.95 bits per heavy atom. The predicted octanol–water partition coefficient (Wildman–Crippen LogP) is -0.840. The molecular formula is C12H16N4O4. The molecule has 3 N–H and O–H groups in total. The first-order valence-corrected chi connectivity index (χ1v) is 5.74. The van der Waals surface area contributed by atoms with Crippen LogP contribution >= 0.6 is 0 Å². The van der Waals surface area contributed by atoms with Gasteiger partial charge < -0.3 is 20.6 Å². The van der Waals surface area contributed by atoms with Crippen molar-refractivity contribution in [2.24, 2.45) is 5.73 Å². The lowest BCUT2D eigenvalue weighted by molar-refractivity contribution is -0.138. The molecule has 8 nitrogen and oxygen atoms in total. The van der Waals surface area contributed by atoms with Crippen molar-refractivity contribution in [2.45, 2.75) is 0 Å². The van der Waals surface area contributed by atoms with Crippen LogP contribution in [0.2, 0.25) is 0 Å². The number of nitrogens with two attached hydrogens (primary N) is 1. The Bertz CT molecular complexity index is 514. The Balaban J connectivity index is 3.01. The molecule has 0 atom stereocenters. The second-order valence-electron chi connectivity index (χ2n) is 4.32. The lowest BCUT2D eigenvalue weighted by Crippen LogP contribution is -2.41. The molecule has 20 heavy (non-hydrogen) atoms. The van der Waals surface area contributed by atoms with Gasteiger partial charge in [0.2, 0.25) is 5.91 Å². The molecule has 8 heteroatoms. The fourth-order valence-corrected chi connectivity index (χ4v) is 1.53. The Kier molecular flexibility index (Phi) is 5.01. The van der Waals surface area contributed by atoms with Crippen LogP contribution in [-0.2, 0) is 9.59 Å². The van der Waals surface area contributed by atoms with Gasteiger partial charge in [-0.2, -0.15) is 0 Å². The van der Waals surface area contributed by atoms with Gasteiger partial charge in [-0.05, 0) is 12.1 Å². The third-order valence-corrected chi connectivity index (χ3v) is 2.41. The highest BCUT2D eigenvalue weighted by Crippen LogP contribution is 2.11. The second-order valence-corrected chi connectivity index (χ2v) is 4.32. The average molecular weight is 280 g/mol. The van der Waals surface area contributed by atoms with E-state index in [1.807, 2.05) is 0 Å². The molecule has 0 radical (unpaired) electrons. The molecule has 1 heterocycles. The number of aromatic nitrogens is 1. The molecular weight excluding hydrogens is 264 g/mol. The van der Waals surface area contributed by atoms with Crippen LogP contribution in [-0.4, -0.2) is 60.0 Å². The van der Waals surface area contributed by atoms with Crippen LogP contribution in [0.15, 0.2) is 18.3 Å². The van der Waals surface area contributed by atoms with E-state index in [-0.39, 0.29) is 5.56 Å². The minimum atomic E-state index is -1.22. The van der Waals surface area contributed by atoms with Crippen molar-refractivity contribution in [3.05, 3.63) is 23.9 Å². The number of carbonyl (C=O) groups is 3. The molecule has 2 amide bonds. The van der Waals surface area contributed by atoms with Crippen molar-refractivity contribution in [1.82, 2.24) is 9.88 Å². The highest BCUT2D eigenvalue weighted by molar-refractivity contribution is 5.98. The van der Waals surface area contributed by atoms with Gasteiger partial charge in [0.25, 0.3) is 5.91 Å². The number of hydrogen-bond acceptors (Lipinski definition) is 5. The number of carbonyl (C=O) groups excluding carboxylic acids is 2. The molecule has 108 valence electrons. The molecule has 1 rings (SSSR count). The number of rotatable bonds is 6. The van der Waals surface area contributed by atoms with Crippen molar-refractivity contribution in [1.29, 1.82) is 0 Å². The largest absolute Gasteiger partial charge is 0.480 e. The molecule has 0 unspecified atom stereocenters. The van der Waals surface area contributed by atoms with Crippen molar-refractivity contribution < 1.29 is 19.5 Å². The molecule has 0 spiro atoms. The van der Waals surface area contributed by atoms with E-state index >= 15 is 0 Å². The summed E-state index contributed by atoms with van der Waals surface area (Å²) in [4.78, 5) is 40.5. The third kappa shape index (κ3) is 4.23. The van der Waals surface area contributed by atoms with Gasteiger partial charge in [-0.1, -0.05) is 0 Å². The minimum Gasteiger partial charge on any atom is -0.480 e. The number of aliphatic carboxylic acids is 1. The minimum absolute atomic E-state index is 0.242. The van der Waals surface area contributed by atoms with E-state index in [0.717, 1.165) is 4.90 Å². The van der Waals surface area contributed by atoms with Crippen LogP contribution in [0.25, 0.3) is 0 Å². The lowest BCUT2D eigenvalue weighted by atomic mass is 10.2. The number of anilines is 1. The Hall–Kier alpha value is -2.64. The lowest BCUT2D eigenvalue weighted by Gasteiger charge is -2.19. The standard InChI is InChI=1S/C12H16N4O4/c1-15(2)10-5-8(3-4-14-10)12(20)16(6-9(13)17)7-11(18)19/h3-5H,6-7H2,1-2H3,(H2,13,17)(H,18,19). The van der Waals surface area contributed by atoms with Gasteiger partial charge in [0, 0.05) is 25.9 Å². The molecule has 0 aromatic carbocycles. The zero-order chi connectivity index (χ0) is 15.3. The van der Waals surface area contributed by atoms with Crippen LogP contribution in [0, 0.1) is 0 Å². The van der Waals surface area contributed by atoms with Gasteiger partial charge in [0.1, 0.15) is 18.9 Å². The number of nitrogens with zero attached hydrogens (tertiary/aromatic N) is 3. The van der Waals surface area contributed by atoms with Crippen LogP contribution in [0.4, 0.5) is 5.82 Å². The highest BCUT2D eigenvalue weighted by Gasteiger charge is 2.20. The Morgan fingerprint density at radius 1 is 1.30 bits per heavy atom. The highest BCUT2D eigenvalue weighted by atomic mass is 16.4. The fourth-order valence-electron chi connectivity index (χ4n) is 1.53. The number of pyridine rings is 1. The van der Waals surface area contributed by atoms with E-state index < -0.39 is 30.9 Å². The molecule has 0 saturated heterocycles. The van der Waals surface area contributed by atoms with Crippen molar-refractivity contribution in [3.8, 4) is 0 Å². The van der Waals surface area contributed by atoms with E-state index in [1.165, 1.54) is 18.3 Å². The van der Waals surface area contributed by atoms with Crippen LogP contribution < -0.4 is 10.6 Å². The van der Waals surface area contributed by atoms with Gasteiger partial charge in [-0.15, -0.1) is 0 Å². The first-order chi connectivity index (χ1) is 9.31. The van der Waals surface area contributed by atoms with Crippen LogP contribution in [0.1, 0.15) is 10.4 Å². The number of carboxylic acids is 1. The SMILES string of the molecule is CN(C)c1cc(C(=O)N(CC(N)=O)CC(=O)O)ccn1. The summed E-state index contributed by atoms with van der Waals surface area (Å²) >= 11 is 0. The third-order valence-electron chi connectivity index (χ3n) is 2.41. The smallest absolute Gasteiger partial charge is 0.323 e.